The van der Waals surface area contributed by atoms with E-state index in [-0.39, 0.29) is 6.42 Å². The molecule has 3 heteroatoms. The summed E-state index contributed by atoms with van der Waals surface area (Å²) in [5.41, 5.74) is 0. The molecule has 0 aromatic rings. The summed E-state index contributed by atoms with van der Waals surface area (Å²) in [7, 11) is 0. The predicted molar refractivity (Wildman–Crippen MR) is 49.9 cm³/mol. The topological polar surface area (TPSA) is 46.5 Å². The maximum absolute atomic E-state index is 11.3. The molecule has 0 aromatic heterocycles. The van der Waals surface area contributed by atoms with Gasteiger partial charge >= 0.3 is 5.97 Å². The number of carbonyl (C=O) groups excluding carboxylic acids is 1. The van der Waals surface area contributed by atoms with Crippen molar-refractivity contribution < 1.29 is 14.6 Å². The lowest BCUT2D eigenvalue weighted by atomic mass is 10.0. The molecule has 13 heavy (non-hydrogen) atoms. The molecule has 1 N–H and O–H groups in total. The number of terminal acetylenes is 1. The van der Waals surface area contributed by atoms with Crippen molar-refractivity contribution in [3.05, 3.63) is 0 Å². The molecule has 3 nitrogen and oxygen atoms in total. The van der Waals surface area contributed by atoms with Crippen LogP contribution in [0.1, 0.15) is 26.7 Å². The minimum absolute atomic E-state index is 0.222. The molecule has 0 spiro atoms. The Labute approximate surface area is 79.1 Å². The maximum atomic E-state index is 11.3. The van der Waals surface area contributed by atoms with Crippen molar-refractivity contribution in [1.82, 2.24) is 0 Å². The van der Waals surface area contributed by atoms with Gasteiger partial charge < -0.3 is 9.84 Å². The minimum atomic E-state index is -0.750. The molecule has 0 heterocycles. The Bertz CT molecular complexity index is 191. The third-order valence-corrected chi connectivity index (χ3v) is 1.67. The zero-order valence-electron chi connectivity index (χ0n) is 8.12. The highest BCUT2D eigenvalue weighted by atomic mass is 16.5. The minimum Gasteiger partial charge on any atom is -0.465 e. The second-order valence-electron chi connectivity index (χ2n) is 2.92. The third kappa shape index (κ3) is 4.54. The molecule has 0 unspecified atom stereocenters. The van der Waals surface area contributed by atoms with Crippen molar-refractivity contribution in [3.8, 4) is 12.3 Å². The van der Waals surface area contributed by atoms with Gasteiger partial charge in [-0.1, -0.05) is 6.92 Å². The number of hydrogen-bond donors (Lipinski definition) is 1. The van der Waals surface area contributed by atoms with Gasteiger partial charge in [0.2, 0.25) is 0 Å². The van der Waals surface area contributed by atoms with Gasteiger partial charge in [0.1, 0.15) is 0 Å². The van der Waals surface area contributed by atoms with Crippen molar-refractivity contribution in [2.45, 2.75) is 32.8 Å². The van der Waals surface area contributed by atoms with Crippen LogP contribution >= 0.6 is 0 Å². The Morgan fingerprint density at radius 1 is 1.69 bits per heavy atom. The van der Waals surface area contributed by atoms with E-state index in [1.54, 1.807) is 0 Å². The third-order valence-electron chi connectivity index (χ3n) is 1.67. The van der Waals surface area contributed by atoms with Gasteiger partial charge in [0.05, 0.1) is 18.6 Å². The fourth-order valence-corrected chi connectivity index (χ4v) is 0.887. The fraction of sp³-hybridized carbons (Fsp3) is 0.700. The lowest BCUT2D eigenvalue weighted by molar-refractivity contribution is -0.151. The van der Waals surface area contributed by atoms with Crippen LogP contribution in [0.25, 0.3) is 0 Å². The van der Waals surface area contributed by atoms with E-state index >= 15 is 0 Å². The number of rotatable bonds is 5. The first kappa shape index (κ1) is 12.0. The van der Waals surface area contributed by atoms with Gasteiger partial charge in [0.15, 0.2) is 0 Å². The Kier molecular flexibility index (Phi) is 5.99. The summed E-state index contributed by atoms with van der Waals surface area (Å²) in [6, 6.07) is 0. The molecule has 0 radical (unpaired) electrons. The largest absolute Gasteiger partial charge is 0.465 e. The quantitative estimate of drug-likeness (QED) is 0.511. The second-order valence-corrected chi connectivity index (χ2v) is 2.92. The van der Waals surface area contributed by atoms with E-state index < -0.39 is 18.0 Å². The number of esters is 1. The SMILES string of the molecule is C#CC[C@@H](C(=O)OCCC)[C@H](C)O. The smallest absolute Gasteiger partial charge is 0.312 e. The lowest BCUT2D eigenvalue weighted by Crippen LogP contribution is -2.27. The van der Waals surface area contributed by atoms with Gasteiger partial charge in [0, 0.05) is 6.42 Å². The van der Waals surface area contributed by atoms with E-state index in [2.05, 4.69) is 5.92 Å². The van der Waals surface area contributed by atoms with E-state index in [4.69, 9.17) is 11.2 Å². The number of hydrogen-bond acceptors (Lipinski definition) is 3. The van der Waals surface area contributed by atoms with Crippen LogP contribution in [0.2, 0.25) is 0 Å². The van der Waals surface area contributed by atoms with Gasteiger partial charge in [-0.25, -0.2) is 0 Å². The van der Waals surface area contributed by atoms with E-state index in [0.29, 0.717) is 6.61 Å². The van der Waals surface area contributed by atoms with Crippen LogP contribution in [0.4, 0.5) is 0 Å². The molecule has 0 rings (SSSR count). The van der Waals surface area contributed by atoms with Crippen LogP contribution in [0.5, 0.6) is 0 Å². The van der Waals surface area contributed by atoms with E-state index in [9.17, 15) is 9.90 Å². The van der Waals surface area contributed by atoms with Gasteiger partial charge in [-0.3, -0.25) is 4.79 Å². The average molecular weight is 184 g/mol. The van der Waals surface area contributed by atoms with Gasteiger partial charge in [-0.2, -0.15) is 0 Å². The molecule has 0 saturated carbocycles. The van der Waals surface area contributed by atoms with Crippen molar-refractivity contribution in [3.63, 3.8) is 0 Å². The van der Waals surface area contributed by atoms with E-state index in [1.165, 1.54) is 6.92 Å². The van der Waals surface area contributed by atoms with Gasteiger partial charge in [0.25, 0.3) is 0 Å². The highest BCUT2D eigenvalue weighted by Gasteiger charge is 2.23. The summed E-state index contributed by atoms with van der Waals surface area (Å²) in [5, 5.41) is 9.22. The molecule has 2 atom stereocenters. The van der Waals surface area contributed by atoms with Crippen LogP contribution in [0, 0.1) is 18.3 Å². The Hall–Kier alpha value is -1.01. The Morgan fingerprint density at radius 3 is 2.69 bits per heavy atom. The number of carbonyl (C=O) groups is 1. The second kappa shape index (κ2) is 6.50. The van der Waals surface area contributed by atoms with E-state index in [0.717, 1.165) is 6.42 Å². The molecule has 0 aromatic carbocycles. The monoisotopic (exact) mass is 184 g/mol. The predicted octanol–water partition coefficient (Wildman–Crippen LogP) is 0.960. The van der Waals surface area contributed by atoms with Gasteiger partial charge in [-0.05, 0) is 13.3 Å². The number of aliphatic hydroxyl groups is 1. The van der Waals surface area contributed by atoms with Crippen LogP contribution in [-0.4, -0.2) is 23.8 Å². The van der Waals surface area contributed by atoms with Crippen molar-refractivity contribution in [2.24, 2.45) is 5.92 Å². The molecule has 0 bridgehead atoms. The zero-order valence-corrected chi connectivity index (χ0v) is 8.12. The van der Waals surface area contributed by atoms with Gasteiger partial charge in [-0.15, -0.1) is 12.3 Å². The van der Waals surface area contributed by atoms with Crippen LogP contribution < -0.4 is 0 Å². The first-order valence-corrected chi connectivity index (χ1v) is 4.41. The van der Waals surface area contributed by atoms with Crippen LogP contribution in [-0.2, 0) is 9.53 Å². The van der Waals surface area contributed by atoms with Crippen LogP contribution in [0.3, 0.4) is 0 Å². The summed E-state index contributed by atoms with van der Waals surface area (Å²) in [5.74, 6) is 1.35. The molecule has 0 aliphatic heterocycles. The summed E-state index contributed by atoms with van der Waals surface area (Å²) < 4.78 is 4.87. The van der Waals surface area contributed by atoms with Crippen molar-refractivity contribution in [2.75, 3.05) is 6.61 Å². The Balaban J connectivity index is 4.05. The maximum Gasteiger partial charge on any atom is 0.312 e. The van der Waals surface area contributed by atoms with Crippen LogP contribution in [0.15, 0.2) is 0 Å². The molecule has 0 saturated heterocycles. The first-order chi connectivity index (χ1) is 6.13. The molecular weight excluding hydrogens is 168 g/mol. The standard InChI is InChI=1S/C10H16O3/c1-4-6-9(8(3)11)10(12)13-7-5-2/h1,8-9,11H,5-7H2,2-3H3/t8-,9+/m0/s1. The molecule has 74 valence electrons. The highest BCUT2D eigenvalue weighted by molar-refractivity contribution is 5.73. The molecular formula is C10H16O3. The molecule has 0 fully saturated rings. The highest BCUT2D eigenvalue weighted by Crippen LogP contribution is 2.10. The number of ether oxygens (including phenoxy) is 1. The normalized spacial score (nSPS) is 14.3. The molecule has 0 amide bonds. The number of aliphatic hydroxyl groups excluding tert-OH is 1. The summed E-state index contributed by atoms with van der Waals surface area (Å²) in [6.45, 7) is 3.83. The van der Waals surface area contributed by atoms with E-state index in [1.807, 2.05) is 6.92 Å². The Morgan fingerprint density at radius 2 is 2.31 bits per heavy atom. The van der Waals surface area contributed by atoms with Crippen molar-refractivity contribution >= 4 is 5.97 Å². The zero-order chi connectivity index (χ0) is 10.3. The summed E-state index contributed by atoms with van der Waals surface area (Å²) in [4.78, 5) is 11.3. The lowest BCUT2D eigenvalue weighted by Gasteiger charge is -2.15. The average Bonchev–Trinajstić information content (AvgIpc) is 2.09. The summed E-state index contributed by atoms with van der Waals surface area (Å²) >= 11 is 0. The fourth-order valence-electron chi connectivity index (χ4n) is 0.887. The summed E-state index contributed by atoms with van der Waals surface area (Å²) in [6.07, 6.45) is 5.31. The molecule has 0 aliphatic carbocycles. The first-order valence-electron chi connectivity index (χ1n) is 4.41. The van der Waals surface area contributed by atoms with Crippen molar-refractivity contribution in [1.29, 1.82) is 0 Å². The molecule has 0 aliphatic rings.